The van der Waals surface area contributed by atoms with Crippen LogP contribution in [0.1, 0.15) is 18.4 Å². The molecule has 0 aliphatic carbocycles. The van der Waals surface area contributed by atoms with Crippen molar-refractivity contribution < 1.29 is 9.53 Å². The number of ether oxygens (including phenoxy) is 1. The van der Waals surface area contributed by atoms with Crippen LogP contribution in [0.3, 0.4) is 0 Å². The number of carbonyl (C=O) groups is 1. The van der Waals surface area contributed by atoms with Crippen molar-refractivity contribution in [3.8, 4) is 0 Å². The Bertz CT molecular complexity index is 449. The van der Waals surface area contributed by atoms with Gasteiger partial charge < -0.3 is 20.7 Å². The number of benzene rings is 1. The third-order valence-electron chi connectivity index (χ3n) is 3.02. The molecule has 6 heteroatoms. The molecule has 3 N–H and O–H groups in total. The second-order valence-corrected chi connectivity index (χ2v) is 4.78. The molecular weight excluding hydrogens is 280 g/mol. The Balaban J connectivity index is 2.12. The van der Waals surface area contributed by atoms with E-state index in [1.807, 2.05) is 30.3 Å². The van der Waals surface area contributed by atoms with Crippen molar-refractivity contribution in [1.29, 1.82) is 0 Å². The van der Waals surface area contributed by atoms with Crippen LogP contribution in [0, 0.1) is 0 Å². The molecule has 0 saturated heterocycles. The molecule has 0 radical (unpaired) electrons. The number of amides is 1. The average molecular weight is 306 g/mol. The smallest absolute Gasteiger partial charge is 0.222 e. The number of hydrogen-bond donors (Lipinski definition) is 3. The molecule has 1 amide bonds. The summed E-state index contributed by atoms with van der Waals surface area (Å²) in [5.41, 5.74) is 1.10. The number of carbonyl (C=O) groups excluding carboxylic acids is 1. The minimum absolute atomic E-state index is 0.0196. The molecule has 122 valence electrons. The Hall–Kier alpha value is -2.08. The van der Waals surface area contributed by atoms with Crippen molar-refractivity contribution >= 4 is 11.9 Å². The van der Waals surface area contributed by atoms with Crippen LogP contribution in [0.25, 0.3) is 0 Å². The van der Waals surface area contributed by atoms with Crippen LogP contribution in [0.4, 0.5) is 0 Å². The number of rotatable bonds is 9. The number of nitrogens with zero attached hydrogens (tertiary/aromatic N) is 1. The van der Waals surface area contributed by atoms with E-state index in [4.69, 9.17) is 4.74 Å². The zero-order chi connectivity index (χ0) is 16.0. The Labute approximate surface area is 132 Å². The van der Waals surface area contributed by atoms with Gasteiger partial charge in [0, 0.05) is 46.8 Å². The van der Waals surface area contributed by atoms with Gasteiger partial charge in [-0.15, -0.1) is 0 Å². The van der Waals surface area contributed by atoms with Gasteiger partial charge in [0.1, 0.15) is 0 Å². The second-order valence-electron chi connectivity index (χ2n) is 4.78. The van der Waals surface area contributed by atoms with Crippen LogP contribution in [0.5, 0.6) is 0 Å². The third-order valence-corrected chi connectivity index (χ3v) is 3.02. The van der Waals surface area contributed by atoms with Gasteiger partial charge in [-0.3, -0.25) is 9.79 Å². The first-order chi connectivity index (χ1) is 10.8. The molecule has 0 heterocycles. The van der Waals surface area contributed by atoms with E-state index in [1.54, 1.807) is 14.2 Å². The predicted octanol–water partition coefficient (Wildman–Crippen LogP) is 0.894. The van der Waals surface area contributed by atoms with E-state index >= 15 is 0 Å². The molecule has 1 aromatic carbocycles. The Morgan fingerprint density at radius 2 is 1.86 bits per heavy atom. The van der Waals surface area contributed by atoms with Crippen LogP contribution >= 0.6 is 0 Å². The quantitative estimate of drug-likeness (QED) is 0.360. The molecule has 1 rings (SSSR count). The molecule has 6 nitrogen and oxygen atoms in total. The fraction of sp³-hybridized carbons (Fsp3) is 0.500. The molecular formula is C16H26N4O2. The summed E-state index contributed by atoms with van der Waals surface area (Å²) in [4.78, 5) is 15.9. The highest BCUT2D eigenvalue weighted by atomic mass is 16.5. The highest BCUT2D eigenvalue weighted by molar-refractivity contribution is 5.81. The number of guanidine groups is 1. The topological polar surface area (TPSA) is 74.8 Å². The molecule has 0 spiro atoms. The van der Waals surface area contributed by atoms with E-state index in [0.717, 1.165) is 18.5 Å². The van der Waals surface area contributed by atoms with E-state index in [1.165, 1.54) is 0 Å². The Kier molecular flexibility index (Phi) is 9.45. The summed E-state index contributed by atoms with van der Waals surface area (Å²) in [6, 6.07) is 9.86. The number of nitrogens with one attached hydrogen (secondary N) is 3. The molecule has 0 aliphatic heterocycles. The van der Waals surface area contributed by atoms with Gasteiger partial charge in [0.2, 0.25) is 5.91 Å². The normalized spacial score (nSPS) is 11.1. The van der Waals surface area contributed by atoms with Crippen molar-refractivity contribution in [2.45, 2.75) is 19.4 Å². The van der Waals surface area contributed by atoms with Crippen molar-refractivity contribution in [2.75, 3.05) is 33.9 Å². The van der Waals surface area contributed by atoms with Gasteiger partial charge in [0.15, 0.2) is 5.96 Å². The largest absolute Gasteiger partial charge is 0.385 e. The second kappa shape index (κ2) is 11.6. The Morgan fingerprint density at radius 3 is 2.55 bits per heavy atom. The fourth-order valence-electron chi connectivity index (χ4n) is 1.82. The predicted molar refractivity (Wildman–Crippen MR) is 88.8 cm³/mol. The van der Waals surface area contributed by atoms with Gasteiger partial charge in [-0.05, 0) is 12.0 Å². The van der Waals surface area contributed by atoms with Crippen LogP contribution in [0.15, 0.2) is 35.3 Å². The summed E-state index contributed by atoms with van der Waals surface area (Å²) in [6.07, 6.45) is 1.32. The van der Waals surface area contributed by atoms with Crippen LogP contribution in [-0.4, -0.2) is 45.7 Å². The van der Waals surface area contributed by atoms with Crippen molar-refractivity contribution in [3.05, 3.63) is 35.9 Å². The lowest BCUT2D eigenvalue weighted by Crippen LogP contribution is -2.39. The van der Waals surface area contributed by atoms with Crippen molar-refractivity contribution in [3.63, 3.8) is 0 Å². The van der Waals surface area contributed by atoms with E-state index in [9.17, 15) is 4.79 Å². The summed E-state index contributed by atoms with van der Waals surface area (Å²) in [5.74, 6) is 0.721. The van der Waals surface area contributed by atoms with Gasteiger partial charge in [-0.1, -0.05) is 30.3 Å². The highest BCUT2D eigenvalue weighted by Crippen LogP contribution is 1.97. The number of hydrogen-bond acceptors (Lipinski definition) is 3. The van der Waals surface area contributed by atoms with E-state index < -0.39 is 0 Å². The van der Waals surface area contributed by atoms with Crippen molar-refractivity contribution in [2.24, 2.45) is 4.99 Å². The maximum atomic E-state index is 11.8. The van der Waals surface area contributed by atoms with Crippen LogP contribution in [-0.2, 0) is 16.1 Å². The van der Waals surface area contributed by atoms with Crippen LogP contribution in [0.2, 0.25) is 0 Å². The van der Waals surface area contributed by atoms with E-state index in [0.29, 0.717) is 32.1 Å². The molecule has 0 bridgehead atoms. The molecule has 1 aromatic rings. The van der Waals surface area contributed by atoms with Gasteiger partial charge in [0.05, 0.1) is 0 Å². The molecule has 0 atom stereocenters. The SMILES string of the molecule is CN=C(NCCCOC)NCCC(=O)NCc1ccccc1. The zero-order valence-corrected chi connectivity index (χ0v) is 13.4. The Morgan fingerprint density at radius 1 is 1.14 bits per heavy atom. The molecule has 0 fully saturated rings. The first kappa shape index (κ1) is 18.0. The first-order valence-electron chi connectivity index (χ1n) is 7.50. The summed E-state index contributed by atoms with van der Waals surface area (Å²) in [7, 11) is 3.39. The fourth-order valence-corrected chi connectivity index (χ4v) is 1.82. The standard InChI is InChI=1S/C16H26N4O2/c1-17-16(18-10-6-12-22-2)19-11-9-15(21)20-13-14-7-4-3-5-8-14/h3-5,7-8H,6,9-13H2,1-2H3,(H,20,21)(H2,17,18,19). The summed E-state index contributed by atoms with van der Waals surface area (Å²) in [6.45, 7) is 2.61. The van der Waals surface area contributed by atoms with E-state index in [-0.39, 0.29) is 5.91 Å². The lowest BCUT2D eigenvalue weighted by Gasteiger charge is -2.11. The summed E-state index contributed by atoms with van der Waals surface area (Å²) < 4.78 is 4.98. The van der Waals surface area contributed by atoms with Gasteiger partial charge in [-0.2, -0.15) is 0 Å². The first-order valence-corrected chi connectivity index (χ1v) is 7.50. The van der Waals surface area contributed by atoms with Gasteiger partial charge >= 0.3 is 0 Å². The lowest BCUT2D eigenvalue weighted by molar-refractivity contribution is -0.121. The highest BCUT2D eigenvalue weighted by Gasteiger charge is 2.02. The van der Waals surface area contributed by atoms with Crippen molar-refractivity contribution in [1.82, 2.24) is 16.0 Å². The van der Waals surface area contributed by atoms with Crippen LogP contribution < -0.4 is 16.0 Å². The summed E-state index contributed by atoms with van der Waals surface area (Å²) in [5, 5.41) is 9.17. The molecule has 0 aliphatic rings. The molecule has 0 saturated carbocycles. The lowest BCUT2D eigenvalue weighted by atomic mass is 10.2. The van der Waals surface area contributed by atoms with Gasteiger partial charge in [-0.25, -0.2) is 0 Å². The minimum atomic E-state index is 0.0196. The minimum Gasteiger partial charge on any atom is -0.385 e. The number of methoxy groups -OCH3 is 1. The van der Waals surface area contributed by atoms with E-state index in [2.05, 4.69) is 20.9 Å². The maximum absolute atomic E-state index is 11.8. The maximum Gasteiger partial charge on any atom is 0.222 e. The average Bonchev–Trinajstić information content (AvgIpc) is 2.56. The molecule has 0 aromatic heterocycles. The monoisotopic (exact) mass is 306 g/mol. The molecule has 22 heavy (non-hydrogen) atoms. The molecule has 0 unspecified atom stereocenters. The third kappa shape index (κ3) is 8.26. The zero-order valence-electron chi connectivity index (χ0n) is 13.4. The van der Waals surface area contributed by atoms with Gasteiger partial charge in [0.25, 0.3) is 0 Å². The summed E-state index contributed by atoms with van der Waals surface area (Å²) >= 11 is 0. The number of aliphatic imine (C=N–C) groups is 1.